The molecule has 0 atom stereocenters. The first-order valence-corrected chi connectivity index (χ1v) is 7.49. The van der Waals surface area contributed by atoms with E-state index in [-0.39, 0.29) is 23.7 Å². The minimum atomic E-state index is -3.59. The predicted octanol–water partition coefficient (Wildman–Crippen LogP) is -0.856. The van der Waals surface area contributed by atoms with Gasteiger partial charge in [-0.25, -0.2) is 8.42 Å². The molecule has 0 unspecified atom stereocenters. The number of amidine groups is 1. The number of hydrogen-bond acceptors (Lipinski definition) is 6. The quantitative estimate of drug-likeness (QED) is 0.684. The normalized spacial score (nSPS) is 17.0. The lowest BCUT2D eigenvalue weighted by atomic mass is 10.2. The van der Waals surface area contributed by atoms with Gasteiger partial charge in [0.15, 0.2) is 6.61 Å². The lowest BCUT2D eigenvalue weighted by Crippen LogP contribution is -2.23. The van der Waals surface area contributed by atoms with Gasteiger partial charge >= 0.3 is 5.97 Å². The van der Waals surface area contributed by atoms with E-state index >= 15 is 0 Å². The summed E-state index contributed by atoms with van der Waals surface area (Å²) in [6, 6.07) is 6.40. The van der Waals surface area contributed by atoms with Crippen LogP contribution in [-0.4, -0.2) is 39.3 Å². The molecule has 0 saturated heterocycles. The van der Waals surface area contributed by atoms with E-state index in [4.69, 9.17) is 5.73 Å². The Morgan fingerprint density at radius 3 is 2.71 bits per heavy atom. The van der Waals surface area contributed by atoms with Crippen LogP contribution in [0.5, 0.6) is 0 Å². The van der Waals surface area contributed by atoms with Gasteiger partial charge in [-0.1, -0.05) is 12.1 Å². The number of hydrogen-bond donors (Lipinski definition) is 2. The smallest absolute Gasteiger partial charge is 0.308 e. The van der Waals surface area contributed by atoms with Gasteiger partial charge < -0.3 is 10.5 Å². The summed E-state index contributed by atoms with van der Waals surface area (Å²) >= 11 is 0. The van der Waals surface area contributed by atoms with Crippen molar-refractivity contribution in [2.24, 2.45) is 10.7 Å². The van der Waals surface area contributed by atoms with Crippen molar-refractivity contribution in [3.05, 3.63) is 29.8 Å². The summed E-state index contributed by atoms with van der Waals surface area (Å²) in [6.45, 7) is -0.450. The van der Waals surface area contributed by atoms with E-state index in [0.29, 0.717) is 5.56 Å². The molecular formula is C12H13N3O5S. The maximum atomic E-state index is 11.8. The van der Waals surface area contributed by atoms with Gasteiger partial charge in [-0.05, 0) is 12.1 Å². The van der Waals surface area contributed by atoms with Gasteiger partial charge in [0, 0.05) is 5.56 Å². The molecule has 2 rings (SSSR count). The molecule has 1 aliphatic heterocycles. The molecule has 1 heterocycles. The average Bonchev–Trinajstić information content (AvgIpc) is 2.69. The highest BCUT2D eigenvalue weighted by atomic mass is 32.2. The number of carbonyl (C=O) groups is 2. The first kappa shape index (κ1) is 15.0. The second kappa shape index (κ2) is 5.92. The summed E-state index contributed by atoms with van der Waals surface area (Å²) in [5, 5.41) is 0. The molecule has 0 fully saturated rings. The minimum Gasteiger partial charge on any atom is -0.456 e. The molecule has 1 amide bonds. The zero-order valence-corrected chi connectivity index (χ0v) is 11.7. The number of amides is 1. The highest BCUT2D eigenvalue weighted by Crippen LogP contribution is 2.22. The van der Waals surface area contributed by atoms with E-state index in [1.54, 1.807) is 18.2 Å². The van der Waals surface area contributed by atoms with Crippen molar-refractivity contribution >= 4 is 27.7 Å². The van der Waals surface area contributed by atoms with Gasteiger partial charge in [0.1, 0.15) is 5.84 Å². The van der Waals surface area contributed by atoms with Crippen molar-refractivity contribution in [3.63, 3.8) is 0 Å². The topological polar surface area (TPSA) is 128 Å². The number of esters is 1. The Morgan fingerprint density at radius 1 is 1.29 bits per heavy atom. The third kappa shape index (κ3) is 3.57. The first-order chi connectivity index (χ1) is 9.90. The minimum absolute atomic E-state index is 0.0315. The number of ether oxygens (including phenoxy) is 1. The molecule has 21 heavy (non-hydrogen) atoms. The van der Waals surface area contributed by atoms with Crippen LogP contribution in [0.4, 0.5) is 0 Å². The Morgan fingerprint density at radius 2 is 2.00 bits per heavy atom. The van der Waals surface area contributed by atoms with E-state index < -0.39 is 28.5 Å². The standard InChI is InChI=1S/C12H13N3O5S/c13-10(16)7-20-11(17)5-6-14-12-8-3-1-2-4-9(8)21(18,19)15-12/h1-4H,5-7H2,(H2,13,16)(H,14,15). The number of aliphatic imine (C=N–C) groups is 1. The molecule has 0 bridgehead atoms. The van der Waals surface area contributed by atoms with Crippen molar-refractivity contribution in [2.45, 2.75) is 11.3 Å². The maximum absolute atomic E-state index is 11.8. The van der Waals surface area contributed by atoms with Crippen LogP contribution < -0.4 is 10.5 Å². The number of fused-ring (bicyclic) bond motifs is 1. The van der Waals surface area contributed by atoms with Crippen molar-refractivity contribution in [1.82, 2.24) is 4.72 Å². The highest BCUT2D eigenvalue weighted by Gasteiger charge is 2.29. The summed E-state index contributed by atoms with van der Waals surface area (Å²) in [4.78, 5) is 25.9. The predicted molar refractivity (Wildman–Crippen MR) is 72.9 cm³/mol. The molecule has 0 spiro atoms. The van der Waals surface area contributed by atoms with E-state index in [1.165, 1.54) is 6.07 Å². The SMILES string of the molecule is NC(=O)COC(=O)CCN=C1NS(=O)(=O)c2ccccc21. The van der Waals surface area contributed by atoms with Crippen LogP contribution in [0, 0.1) is 0 Å². The summed E-state index contributed by atoms with van der Waals surface area (Å²) in [5.74, 6) is -1.19. The van der Waals surface area contributed by atoms with E-state index in [9.17, 15) is 18.0 Å². The molecule has 8 nitrogen and oxygen atoms in total. The Hall–Kier alpha value is -2.42. The lowest BCUT2D eigenvalue weighted by Gasteiger charge is -2.01. The summed E-state index contributed by atoms with van der Waals surface area (Å²) in [7, 11) is -3.59. The average molecular weight is 311 g/mol. The van der Waals surface area contributed by atoms with E-state index in [1.807, 2.05) is 0 Å². The molecule has 9 heteroatoms. The Labute approximate surface area is 121 Å². The lowest BCUT2D eigenvalue weighted by molar-refractivity contribution is -0.147. The third-order valence-corrected chi connectivity index (χ3v) is 4.02. The molecule has 1 aromatic carbocycles. The fourth-order valence-corrected chi connectivity index (χ4v) is 2.99. The van der Waals surface area contributed by atoms with Gasteiger partial charge in [0.25, 0.3) is 15.9 Å². The van der Waals surface area contributed by atoms with E-state index in [0.717, 1.165) is 0 Å². The van der Waals surface area contributed by atoms with E-state index in [2.05, 4.69) is 14.5 Å². The van der Waals surface area contributed by atoms with Crippen LogP contribution in [0.2, 0.25) is 0 Å². The number of carbonyl (C=O) groups excluding carboxylic acids is 2. The van der Waals surface area contributed by atoms with Crippen LogP contribution in [0.15, 0.2) is 34.2 Å². The van der Waals surface area contributed by atoms with Crippen LogP contribution in [0.3, 0.4) is 0 Å². The van der Waals surface area contributed by atoms with Crippen molar-refractivity contribution in [1.29, 1.82) is 0 Å². The fraction of sp³-hybridized carbons (Fsp3) is 0.250. The Kier molecular flexibility index (Phi) is 4.22. The molecule has 0 aliphatic carbocycles. The molecule has 1 aliphatic rings. The second-order valence-electron chi connectivity index (χ2n) is 4.21. The molecule has 0 radical (unpaired) electrons. The van der Waals surface area contributed by atoms with Gasteiger partial charge in [-0.15, -0.1) is 0 Å². The van der Waals surface area contributed by atoms with Crippen LogP contribution in [0.1, 0.15) is 12.0 Å². The van der Waals surface area contributed by atoms with Crippen LogP contribution in [-0.2, 0) is 24.3 Å². The van der Waals surface area contributed by atoms with Crippen LogP contribution >= 0.6 is 0 Å². The molecule has 112 valence electrons. The monoisotopic (exact) mass is 311 g/mol. The second-order valence-corrected chi connectivity index (χ2v) is 5.86. The number of sulfonamides is 1. The number of nitrogens with zero attached hydrogens (tertiary/aromatic N) is 1. The zero-order chi connectivity index (χ0) is 15.5. The van der Waals surface area contributed by atoms with Crippen molar-refractivity contribution < 1.29 is 22.7 Å². The van der Waals surface area contributed by atoms with Gasteiger partial charge in [-0.2, -0.15) is 0 Å². The fourth-order valence-electron chi connectivity index (χ4n) is 1.73. The molecule has 3 N–H and O–H groups in total. The highest BCUT2D eigenvalue weighted by molar-refractivity contribution is 7.90. The summed E-state index contributed by atoms with van der Waals surface area (Å²) in [5.41, 5.74) is 5.29. The third-order valence-electron chi connectivity index (χ3n) is 2.62. The Balaban J connectivity index is 2.01. The number of nitrogens with two attached hydrogens (primary N) is 1. The van der Waals surface area contributed by atoms with Gasteiger partial charge in [0.05, 0.1) is 17.9 Å². The number of rotatable bonds is 5. The first-order valence-electron chi connectivity index (χ1n) is 6.01. The summed E-state index contributed by atoms with van der Waals surface area (Å²) in [6.07, 6.45) is -0.0827. The van der Waals surface area contributed by atoms with Crippen LogP contribution in [0.25, 0.3) is 0 Å². The molecule has 0 aromatic heterocycles. The molecule has 0 saturated carbocycles. The van der Waals surface area contributed by atoms with Crippen molar-refractivity contribution in [2.75, 3.05) is 13.2 Å². The number of benzene rings is 1. The summed E-state index contributed by atoms with van der Waals surface area (Å²) < 4.78 is 30.5. The molecular weight excluding hydrogens is 298 g/mol. The van der Waals surface area contributed by atoms with Gasteiger partial charge in [-0.3, -0.25) is 19.3 Å². The zero-order valence-electron chi connectivity index (χ0n) is 10.9. The Bertz CT molecular complexity index is 711. The van der Waals surface area contributed by atoms with Crippen molar-refractivity contribution in [3.8, 4) is 0 Å². The largest absolute Gasteiger partial charge is 0.456 e. The molecule has 1 aromatic rings. The number of primary amides is 1. The number of nitrogens with one attached hydrogen (secondary N) is 1. The van der Waals surface area contributed by atoms with Gasteiger partial charge in [0.2, 0.25) is 0 Å². The maximum Gasteiger partial charge on any atom is 0.308 e.